The second-order valence-corrected chi connectivity index (χ2v) is 6.63. The molecule has 0 spiro atoms. The van der Waals surface area contributed by atoms with Crippen molar-refractivity contribution in [1.82, 2.24) is 29.1 Å². The summed E-state index contributed by atoms with van der Waals surface area (Å²) in [5.41, 5.74) is 2.30. The van der Waals surface area contributed by atoms with E-state index in [4.69, 9.17) is 0 Å². The number of hydrogen-bond donors (Lipinski definition) is 0. The van der Waals surface area contributed by atoms with E-state index >= 15 is 0 Å². The van der Waals surface area contributed by atoms with E-state index in [1.165, 1.54) is 34.6 Å². The average molecular weight is 356 g/mol. The molecule has 9 heteroatoms. The monoisotopic (exact) mass is 356 g/mol. The lowest BCUT2D eigenvalue weighted by molar-refractivity contribution is 0.450. The van der Waals surface area contributed by atoms with Gasteiger partial charge in [0.25, 0.3) is 5.56 Å². The lowest BCUT2D eigenvalue weighted by atomic mass is 10.2. The first-order valence-electron chi connectivity index (χ1n) is 7.51. The Labute approximate surface area is 145 Å². The molecule has 126 valence electrons. The van der Waals surface area contributed by atoms with Crippen LogP contribution in [0.15, 0.2) is 41.8 Å². The minimum Gasteiger partial charge on any atom is -0.269 e. The fourth-order valence-electron chi connectivity index (χ4n) is 2.73. The second kappa shape index (κ2) is 6.17. The molecule has 0 aliphatic rings. The molecule has 0 saturated carbocycles. The van der Waals surface area contributed by atoms with Crippen molar-refractivity contribution in [2.75, 3.05) is 0 Å². The predicted molar refractivity (Wildman–Crippen MR) is 91.2 cm³/mol. The van der Waals surface area contributed by atoms with Gasteiger partial charge in [0.05, 0.1) is 23.6 Å². The zero-order valence-corrected chi connectivity index (χ0v) is 14.1. The first kappa shape index (κ1) is 15.6. The summed E-state index contributed by atoms with van der Waals surface area (Å²) >= 11 is 1.42. The number of nitrogens with zero attached hydrogens (tertiary/aromatic N) is 6. The SMILES string of the molecule is Cc1sc2nc(Cn3nccc3CF)cc(=O)n2c1-c1cncnc1. The quantitative estimate of drug-likeness (QED) is 0.560. The largest absolute Gasteiger partial charge is 0.269 e. The summed E-state index contributed by atoms with van der Waals surface area (Å²) in [6.45, 7) is 1.56. The molecule has 0 saturated heterocycles. The molecule has 4 aromatic rings. The molecule has 0 aromatic carbocycles. The van der Waals surface area contributed by atoms with Crippen LogP contribution < -0.4 is 5.56 Å². The highest BCUT2D eigenvalue weighted by molar-refractivity contribution is 7.17. The van der Waals surface area contributed by atoms with Gasteiger partial charge in [0.2, 0.25) is 0 Å². The van der Waals surface area contributed by atoms with E-state index in [0.717, 1.165) is 16.1 Å². The van der Waals surface area contributed by atoms with Crippen molar-refractivity contribution in [1.29, 1.82) is 0 Å². The van der Waals surface area contributed by atoms with E-state index in [1.807, 2.05) is 6.92 Å². The molecular formula is C16H13FN6OS. The first-order chi connectivity index (χ1) is 12.2. The van der Waals surface area contributed by atoms with Gasteiger partial charge in [-0.2, -0.15) is 5.10 Å². The highest BCUT2D eigenvalue weighted by atomic mass is 32.1. The third-order valence-corrected chi connectivity index (χ3v) is 4.79. The standard InChI is InChI=1S/C16H13FN6OS/c1-10-15(11-6-18-9-19-7-11)23-14(24)4-12(21-16(23)25-10)8-22-13(5-17)2-3-20-22/h2-4,6-7,9H,5,8H2,1H3. The minimum atomic E-state index is -0.614. The third-order valence-electron chi connectivity index (χ3n) is 3.83. The molecule has 0 amide bonds. The van der Waals surface area contributed by atoms with E-state index in [2.05, 4.69) is 20.1 Å². The molecule has 4 heterocycles. The molecule has 0 radical (unpaired) electrons. The Morgan fingerprint density at radius 3 is 2.84 bits per heavy atom. The Hall–Kier alpha value is -2.94. The van der Waals surface area contributed by atoms with Crippen LogP contribution in [-0.4, -0.2) is 29.1 Å². The summed E-state index contributed by atoms with van der Waals surface area (Å²) in [7, 11) is 0. The summed E-state index contributed by atoms with van der Waals surface area (Å²) in [4.78, 5) is 26.8. The van der Waals surface area contributed by atoms with Crippen LogP contribution in [-0.2, 0) is 13.2 Å². The van der Waals surface area contributed by atoms with Crippen molar-refractivity contribution in [2.24, 2.45) is 0 Å². The van der Waals surface area contributed by atoms with Gasteiger partial charge < -0.3 is 0 Å². The van der Waals surface area contributed by atoms with Crippen LogP contribution in [0.1, 0.15) is 16.3 Å². The molecule has 4 rings (SSSR count). The van der Waals surface area contributed by atoms with E-state index in [9.17, 15) is 9.18 Å². The maximum Gasteiger partial charge on any atom is 0.259 e. The second-order valence-electron chi connectivity index (χ2n) is 5.45. The zero-order chi connectivity index (χ0) is 17.4. The lowest BCUT2D eigenvalue weighted by Crippen LogP contribution is -2.17. The highest BCUT2D eigenvalue weighted by Gasteiger charge is 2.16. The van der Waals surface area contributed by atoms with Crippen molar-refractivity contribution < 1.29 is 4.39 Å². The van der Waals surface area contributed by atoms with Crippen LogP contribution in [0.4, 0.5) is 4.39 Å². The number of aromatic nitrogens is 6. The predicted octanol–water partition coefficient (Wildman–Crippen LogP) is 2.24. The Morgan fingerprint density at radius 1 is 1.28 bits per heavy atom. The summed E-state index contributed by atoms with van der Waals surface area (Å²) in [6, 6.07) is 3.06. The summed E-state index contributed by atoms with van der Waals surface area (Å²) in [5.74, 6) is 0. The van der Waals surface area contributed by atoms with Crippen LogP contribution in [0.25, 0.3) is 16.2 Å². The fraction of sp³-hybridized carbons (Fsp3) is 0.188. The van der Waals surface area contributed by atoms with Crippen LogP contribution in [0.2, 0.25) is 0 Å². The van der Waals surface area contributed by atoms with Crippen molar-refractivity contribution >= 4 is 16.3 Å². The van der Waals surface area contributed by atoms with Gasteiger partial charge in [0, 0.05) is 35.1 Å². The number of halogens is 1. The van der Waals surface area contributed by atoms with Crippen LogP contribution in [0, 0.1) is 6.92 Å². The van der Waals surface area contributed by atoms with E-state index in [-0.39, 0.29) is 12.1 Å². The smallest absolute Gasteiger partial charge is 0.259 e. The number of alkyl halides is 1. The number of rotatable bonds is 4. The van der Waals surface area contributed by atoms with Crippen LogP contribution in [0.5, 0.6) is 0 Å². The molecular weight excluding hydrogens is 343 g/mol. The molecule has 4 aromatic heterocycles. The van der Waals surface area contributed by atoms with Crippen molar-refractivity contribution in [2.45, 2.75) is 20.1 Å². The fourth-order valence-corrected chi connectivity index (χ4v) is 3.74. The van der Waals surface area contributed by atoms with Gasteiger partial charge in [-0.25, -0.2) is 19.3 Å². The Morgan fingerprint density at radius 2 is 2.08 bits per heavy atom. The summed E-state index contributed by atoms with van der Waals surface area (Å²) in [5, 5.41) is 4.08. The van der Waals surface area contributed by atoms with Crippen molar-refractivity contribution in [3.05, 3.63) is 63.7 Å². The number of fused-ring (bicyclic) bond motifs is 1. The van der Waals surface area contributed by atoms with E-state index in [1.54, 1.807) is 22.9 Å². The number of thiazole rings is 1. The summed E-state index contributed by atoms with van der Waals surface area (Å²) in [6.07, 6.45) is 6.31. The van der Waals surface area contributed by atoms with Crippen molar-refractivity contribution in [3.8, 4) is 11.3 Å². The van der Waals surface area contributed by atoms with E-state index in [0.29, 0.717) is 16.3 Å². The molecule has 0 bridgehead atoms. The topological polar surface area (TPSA) is 78.0 Å². The van der Waals surface area contributed by atoms with Crippen LogP contribution in [0.3, 0.4) is 0 Å². The maximum absolute atomic E-state index is 12.9. The van der Waals surface area contributed by atoms with Gasteiger partial charge in [-0.05, 0) is 13.0 Å². The molecule has 25 heavy (non-hydrogen) atoms. The average Bonchev–Trinajstić information content (AvgIpc) is 3.19. The minimum absolute atomic E-state index is 0.197. The molecule has 0 N–H and O–H groups in total. The number of hydrogen-bond acceptors (Lipinski definition) is 6. The molecule has 0 fully saturated rings. The van der Waals surface area contributed by atoms with Gasteiger partial charge in [-0.15, -0.1) is 11.3 Å². The Bertz CT molecular complexity index is 1100. The molecule has 0 aliphatic heterocycles. The zero-order valence-electron chi connectivity index (χ0n) is 13.3. The Kier molecular flexibility index (Phi) is 3.85. The lowest BCUT2D eigenvalue weighted by Gasteiger charge is -2.06. The maximum atomic E-state index is 12.9. The van der Waals surface area contributed by atoms with Gasteiger partial charge >= 0.3 is 0 Å². The van der Waals surface area contributed by atoms with Crippen molar-refractivity contribution in [3.63, 3.8) is 0 Å². The molecule has 0 aliphatic carbocycles. The molecule has 0 unspecified atom stereocenters. The van der Waals surface area contributed by atoms with Gasteiger partial charge in [-0.3, -0.25) is 13.9 Å². The summed E-state index contributed by atoms with van der Waals surface area (Å²) < 4.78 is 16.0. The number of aryl methyl sites for hydroxylation is 1. The Balaban J connectivity index is 1.83. The van der Waals surface area contributed by atoms with E-state index < -0.39 is 6.67 Å². The van der Waals surface area contributed by atoms with Gasteiger partial charge in [0.1, 0.15) is 13.0 Å². The molecule has 7 nitrogen and oxygen atoms in total. The normalized spacial score (nSPS) is 11.3. The molecule has 0 atom stereocenters. The highest BCUT2D eigenvalue weighted by Crippen LogP contribution is 2.28. The third kappa shape index (κ3) is 2.72. The van der Waals surface area contributed by atoms with Gasteiger partial charge in [0.15, 0.2) is 4.96 Å². The van der Waals surface area contributed by atoms with Crippen LogP contribution >= 0.6 is 11.3 Å². The first-order valence-corrected chi connectivity index (χ1v) is 8.33. The van der Waals surface area contributed by atoms with Gasteiger partial charge in [-0.1, -0.05) is 0 Å².